The number of piperidine rings is 2. The summed E-state index contributed by atoms with van der Waals surface area (Å²) in [6.07, 6.45) is 6.66. The minimum atomic E-state index is -0.875. The highest BCUT2D eigenvalue weighted by atomic mass is 16.5. The molecule has 3 aliphatic heterocycles. The number of carboxylic acid groups (broad SMARTS) is 1. The average Bonchev–Trinajstić information content (AvgIpc) is 3.09. The van der Waals surface area contributed by atoms with Gasteiger partial charge < -0.3 is 60.8 Å². The summed E-state index contributed by atoms with van der Waals surface area (Å²) in [5, 5.41) is 60.3. The number of rotatable bonds is 15. The predicted molar refractivity (Wildman–Crippen MR) is 191 cm³/mol. The van der Waals surface area contributed by atoms with Gasteiger partial charge >= 0.3 is 5.97 Å². The minimum Gasteiger partial charge on any atom is -0.481 e. The smallest absolute Gasteiger partial charge is 0.303 e. The van der Waals surface area contributed by atoms with Crippen LogP contribution in [-0.4, -0.2) is 133 Å². The molecule has 0 aromatic heterocycles. The molecule has 3 saturated heterocycles. The van der Waals surface area contributed by atoms with E-state index in [4.69, 9.17) is 24.7 Å². The molecule has 51 heavy (non-hydrogen) atoms. The molecule has 0 amide bonds. The Hall–Kier alpha value is -0.970. The summed E-state index contributed by atoms with van der Waals surface area (Å²) >= 11 is 0. The summed E-state index contributed by atoms with van der Waals surface area (Å²) in [6.45, 7) is 3.15. The first-order chi connectivity index (χ1) is 24.4. The Balaban J connectivity index is 1.28. The lowest BCUT2D eigenvalue weighted by molar-refractivity contribution is -0.200. The molecule has 2 aliphatic carbocycles. The average molecular weight is 728 g/mol. The summed E-state index contributed by atoms with van der Waals surface area (Å²) < 4.78 is 24.9. The Morgan fingerprint density at radius 2 is 1.67 bits per heavy atom. The van der Waals surface area contributed by atoms with Crippen LogP contribution in [0.5, 0.6) is 0 Å². The van der Waals surface area contributed by atoms with E-state index in [1.165, 1.54) is 0 Å². The number of hydrogen-bond acceptors (Lipinski definition) is 12. The topological polar surface area (TPSA) is 205 Å². The van der Waals surface area contributed by atoms with E-state index in [1.807, 2.05) is 0 Å². The van der Waals surface area contributed by atoms with Gasteiger partial charge in [-0.15, -0.1) is 0 Å². The third-order valence-corrected chi connectivity index (χ3v) is 13.4. The first-order valence-electron chi connectivity index (χ1n) is 19.9. The Morgan fingerprint density at radius 1 is 0.902 bits per heavy atom. The van der Waals surface area contributed by atoms with Gasteiger partial charge in [0.05, 0.1) is 61.9 Å². The Labute approximate surface area is 304 Å². The lowest BCUT2D eigenvalue weighted by atomic mass is 9.64. The van der Waals surface area contributed by atoms with Gasteiger partial charge in [-0.1, -0.05) is 0 Å². The predicted octanol–water partition coefficient (Wildman–Crippen LogP) is 1.91. The van der Waals surface area contributed by atoms with E-state index < -0.39 is 41.9 Å². The molecule has 0 aromatic rings. The maximum atomic E-state index is 12.3. The first kappa shape index (κ1) is 41.2. The van der Waals surface area contributed by atoms with Crippen molar-refractivity contribution >= 4 is 5.97 Å². The normalized spacial score (nSPS) is 45.4. The van der Waals surface area contributed by atoms with Crippen LogP contribution in [0.1, 0.15) is 103 Å². The van der Waals surface area contributed by atoms with Crippen LogP contribution in [-0.2, 0) is 23.7 Å². The van der Waals surface area contributed by atoms with E-state index in [-0.39, 0.29) is 68.0 Å². The number of aliphatic hydroxyl groups excluding tert-OH is 4. The Bertz CT molecular complexity index is 1070. The van der Waals surface area contributed by atoms with Crippen molar-refractivity contribution in [3.05, 3.63) is 0 Å². The molecule has 0 spiro atoms. The molecule has 5 fully saturated rings. The van der Waals surface area contributed by atoms with E-state index in [0.717, 1.165) is 70.8 Å². The molecular weight excluding hydrogens is 658 g/mol. The van der Waals surface area contributed by atoms with Gasteiger partial charge in [0, 0.05) is 38.8 Å². The fraction of sp³-hybridized carbons (Fsp3) is 0.974. The van der Waals surface area contributed by atoms with Crippen LogP contribution in [0.4, 0.5) is 0 Å². The summed E-state index contributed by atoms with van der Waals surface area (Å²) in [5.74, 6) is -0.419. The molecule has 5 rings (SSSR count). The van der Waals surface area contributed by atoms with Gasteiger partial charge in [-0.25, -0.2) is 0 Å². The Kier molecular flexibility index (Phi) is 15.4. The fourth-order valence-electron chi connectivity index (χ4n) is 10.6. The van der Waals surface area contributed by atoms with Crippen LogP contribution >= 0.6 is 0 Å². The number of hydrogen-bond donors (Lipinski definition) is 8. The minimum absolute atomic E-state index is 0.0437. The quantitative estimate of drug-likeness (QED) is 0.122. The van der Waals surface area contributed by atoms with Crippen LogP contribution < -0.4 is 16.4 Å². The molecule has 5 aliphatic rings. The van der Waals surface area contributed by atoms with Crippen molar-refractivity contribution in [1.29, 1.82) is 0 Å². The monoisotopic (exact) mass is 727 g/mol. The SMILES string of the molecule is COC1CC(CC[C@H]2C[C@H](O)[C@H](CCO)[C@H](C3CC(OC)C(O)C(OC[C@H]4N[C@H](C)CC[C@]4(CC(=O)O)CC4CCNC(N)C4)C3)O2)CCC1O. The number of methoxy groups -OCH3 is 2. The number of ether oxygens (including phenoxy) is 4. The number of carbonyl (C=O) groups is 1. The molecule has 296 valence electrons. The summed E-state index contributed by atoms with van der Waals surface area (Å²) in [4.78, 5) is 12.3. The number of aliphatic carboxylic acids is 1. The molecule has 0 radical (unpaired) electrons. The molecule has 16 atom stereocenters. The van der Waals surface area contributed by atoms with Crippen LogP contribution in [0, 0.1) is 29.1 Å². The molecule has 0 aromatic carbocycles. The second kappa shape index (κ2) is 19.1. The van der Waals surface area contributed by atoms with Crippen molar-refractivity contribution in [2.24, 2.45) is 34.8 Å². The van der Waals surface area contributed by atoms with E-state index in [1.54, 1.807) is 14.2 Å². The summed E-state index contributed by atoms with van der Waals surface area (Å²) in [7, 11) is 3.25. The second-order valence-electron chi connectivity index (χ2n) is 16.9. The van der Waals surface area contributed by atoms with Gasteiger partial charge in [0.15, 0.2) is 0 Å². The van der Waals surface area contributed by atoms with Gasteiger partial charge in [-0.05, 0) is 127 Å². The van der Waals surface area contributed by atoms with Gasteiger partial charge in [-0.2, -0.15) is 0 Å². The van der Waals surface area contributed by atoms with E-state index in [0.29, 0.717) is 37.5 Å². The van der Waals surface area contributed by atoms with Crippen molar-refractivity contribution in [3.8, 4) is 0 Å². The van der Waals surface area contributed by atoms with Gasteiger partial charge in [0.25, 0.3) is 0 Å². The van der Waals surface area contributed by atoms with E-state index >= 15 is 0 Å². The van der Waals surface area contributed by atoms with E-state index in [9.17, 15) is 30.3 Å². The zero-order valence-electron chi connectivity index (χ0n) is 31.2. The highest BCUT2D eigenvalue weighted by Gasteiger charge is 2.50. The van der Waals surface area contributed by atoms with E-state index in [2.05, 4.69) is 17.6 Å². The van der Waals surface area contributed by atoms with Crippen molar-refractivity contribution in [3.63, 3.8) is 0 Å². The number of aliphatic hydroxyl groups is 4. The molecule has 3 heterocycles. The van der Waals surface area contributed by atoms with Gasteiger partial charge in [0.2, 0.25) is 0 Å². The standard InChI is InChI=1S/C38H69N3O10/c1-22-8-11-38(20-35(45)46,19-24-9-12-40-34(39)15-24)33(41-22)21-50-32-17-25(16-31(49-3)36(32)47)37-27(10-13-42)29(44)18-26(51-37)6-4-23-5-7-28(43)30(14-23)48-2/h22-34,36-37,40-44,47H,4-21,39H2,1-3H3,(H,45,46)/t22-,23?,24?,25?,26+,27+,28?,29+,30?,31?,32?,33-,34?,36?,37+,38-/m1/s1. The van der Waals surface area contributed by atoms with Crippen molar-refractivity contribution in [2.75, 3.05) is 34.0 Å². The maximum Gasteiger partial charge on any atom is 0.303 e. The number of nitrogens with two attached hydrogens (primary N) is 1. The molecular formula is C38H69N3O10. The molecule has 9 N–H and O–H groups in total. The number of nitrogens with one attached hydrogen (secondary N) is 2. The maximum absolute atomic E-state index is 12.3. The fourth-order valence-corrected chi connectivity index (χ4v) is 10.6. The first-order valence-corrected chi connectivity index (χ1v) is 19.9. The summed E-state index contributed by atoms with van der Waals surface area (Å²) in [6, 6.07) is -0.00572. The zero-order valence-corrected chi connectivity index (χ0v) is 31.2. The van der Waals surface area contributed by atoms with Crippen LogP contribution in [0.25, 0.3) is 0 Å². The van der Waals surface area contributed by atoms with Gasteiger partial charge in [-0.3, -0.25) is 4.79 Å². The number of carboxylic acids is 1. The molecule has 2 saturated carbocycles. The Morgan fingerprint density at radius 3 is 2.37 bits per heavy atom. The molecule has 13 nitrogen and oxygen atoms in total. The van der Waals surface area contributed by atoms with Crippen LogP contribution in [0.2, 0.25) is 0 Å². The summed E-state index contributed by atoms with van der Waals surface area (Å²) in [5.41, 5.74) is 5.75. The highest BCUT2D eigenvalue weighted by Crippen LogP contribution is 2.46. The second-order valence-corrected chi connectivity index (χ2v) is 16.9. The van der Waals surface area contributed by atoms with Crippen LogP contribution in [0.15, 0.2) is 0 Å². The largest absolute Gasteiger partial charge is 0.481 e. The van der Waals surface area contributed by atoms with Crippen molar-refractivity contribution in [2.45, 2.75) is 170 Å². The third-order valence-electron chi connectivity index (χ3n) is 13.4. The van der Waals surface area contributed by atoms with Crippen molar-refractivity contribution < 1.29 is 49.3 Å². The molecule has 0 bridgehead atoms. The van der Waals surface area contributed by atoms with Crippen molar-refractivity contribution in [1.82, 2.24) is 10.6 Å². The third kappa shape index (κ3) is 10.6. The lowest BCUT2D eigenvalue weighted by Gasteiger charge is -2.50. The molecule has 13 heteroatoms. The molecule has 9 unspecified atom stereocenters. The zero-order chi connectivity index (χ0) is 36.7. The lowest BCUT2D eigenvalue weighted by Crippen LogP contribution is -2.59. The van der Waals surface area contributed by atoms with Crippen LogP contribution in [0.3, 0.4) is 0 Å². The van der Waals surface area contributed by atoms with Gasteiger partial charge in [0.1, 0.15) is 6.10 Å². The highest BCUT2D eigenvalue weighted by molar-refractivity contribution is 5.68.